The van der Waals surface area contributed by atoms with Crippen LogP contribution in [0.4, 0.5) is 5.95 Å². The summed E-state index contributed by atoms with van der Waals surface area (Å²) in [6.45, 7) is 2.32. The highest BCUT2D eigenvalue weighted by molar-refractivity contribution is 5.61. The first-order valence-electron chi connectivity index (χ1n) is 7.47. The van der Waals surface area contributed by atoms with Crippen LogP contribution in [0.25, 0.3) is 11.3 Å². The third-order valence-electron chi connectivity index (χ3n) is 3.32. The van der Waals surface area contributed by atoms with Gasteiger partial charge in [0.25, 0.3) is 0 Å². The molecule has 0 fully saturated rings. The average Bonchev–Trinajstić information content (AvgIpc) is 2.97. The maximum atomic E-state index is 4.54. The Labute approximate surface area is 134 Å². The molecule has 3 aromatic rings. The first-order chi connectivity index (χ1) is 11.3. The molecular formula is C16H19N7. The summed E-state index contributed by atoms with van der Waals surface area (Å²) in [7, 11) is 1.93. The van der Waals surface area contributed by atoms with Crippen LogP contribution in [0.5, 0.6) is 0 Å². The smallest absolute Gasteiger partial charge is 0.222 e. The van der Waals surface area contributed by atoms with Crippen molar-refractivity contribution in [3.05, 3.63) is 54.7 Å². The lowest BCUT2D eigenvalue weighted by atomic mass is 10.1. The summed E-state index contributed by atoms with van der Waals surface area (Å²) in [4.78, 5) is 12.3. The lowest BCUT2D eigenvalue weighted by Gasteiger charge is -2.06. The minimum atomic E-state index is 0.646. The van der Waals surface area contributed by atoms with Crippen molar-refractivity contribution in [2.24, 2.45) is 7.05 Å². The van der Waals surface area contributed by atoms with Crippen molar-refractivity contribution in [3.8, 4) is 11.3 Å². The maximum absolute atomic E-state index is 4.54. The van der Waals surface area contributed by atoms with Crippen molar-refractivity contribution in [3.63, 3.8) is 0 Å². The summed E-state index contributed by atoms with van der Waals surface area (Å²) in [5.74, 6) is 0.646. The predicted molar refractivity (Wildman–Crippen MR) is 88.7 cm³/mol. The van der Waals surface area contributed by atoms with Gasteiger partial charge in [-0.3, -0.25) is 9.67 Å². The topological polar surface area (TPSA) is 80.5 Å². The molecule has 3 rings (SSSR count). The third-order valence-corrected chi connectivity index (χ3v) is 3.32. The van der Waals surface area contributed by atoms with Crippen LogP contribution in [0, 0.1) is 0 Å². The Balaban J connectivity index is 1.53. The molecule has 0 saturated carbocycles. The molecule has 2 N–H and O–H groups in total. The van der Waals surface area contributed by atoms with Crippen molar-refractivity contribution >= 4 is 5.95 Å². The molecule has 7 heteroatoms. The molecule has 0 aliphatic heterocycles. The van der Waals surface area contributed by atoms with E-state index in [1.165, 1.54) is 0 Å². The zero-order valence-corrected chi connectivity index (χ0v) is 13.0. The monoisotopic (exact) mass is 309 g/mol. The van der Waals surface area contributed by atoms with Gasteiger partial charge in [-0.1, -0.05) is 0 Å². The summed E-state index contributed by atoms with van der Waals surface area (Å²) < 4.78 is 1.84. The van der Waals surface area contributed by atoms with Crippen LogP contribution >= 0.6 is 0 Å². The van der Waals surface area contributed by atoms with E-state index in [4.69, 9.17) is 0 Å². The molecule has 0 aliphatic carbocycles. The molecule has 118 valence electrons. The van der Waals surface area contributed by atoms with Crippen LogP contribution in [0.15, 0.2) is 49.2 Å². The van der Waals surface area contributed by atoms with Crippen LogP contribution < -0.4 is 10.6 Å². The quantitative estimate of drug-likeness (QED) is 0.643. The van der Waals surface area contributed by atoms with Crippen molar-refractivity contribution in [1.82, 2.24) is 30.0 Å². The largest absolute Gasteiger partial charge is 0.353 e. The first-order valence-corrected chi connectivity index (χ1v) is 7.47. The lowest BCUT2D eigenvalue weighted by molar-refractivity contribution is 0.703. The number of aryl methyl sites for hydroxylation is 1. The van der Waals surface area contributed by atoms with E-state index in [0.717, 1.165) is 36.5 Å². The molecule has 0 amide bonds. The molecule has 0 unspecified atom stereocenters. The number of hydrogen-bond acceptors (Lipinski definition) is 6. The Hall–Kier alpha value is -2.80. The van der Waals surface area contributed by atoms with Crippen LogP contribution in [-0.2, 0) is 13.6 Å². The Morgan fingerprint density at radius 2 is 1.83 bits per heavy atom. The highest BCUT2D eigenvalue weighted by Gasteiger charge is 2.09. The molecule has 0 bridgehead atoms. The molecule has 0 aromatic carbocycles. The van der Waals surface area contributed by atoms with Crippen molar-refractivity contribution in [1.29, 1.82) is 0 Å². The Bertz CT molecular complexity index is 725. The summed E-state index contributed by atoms with van der Waals surface area (Å²) in [5.41, 5.74) is 3.23. The van der Waals surface area contributed by atoms with Gasteiger partial charge in [-0.15, -0.1) is 0 Å². The van der Waals surface area contributed by atoms with E-state index in [2.05, 4.69) is 30.7 Å². The summed E-state index contributed by atoms with van der Waals surface area (Å²) in [6.07, 6.45) is 9.05. The molecular weight excluding hydrogens is 290 g/mol. The molecule has 3 aromatic heterocycles. The third kappa shape index (κ3) is 4.10. The fourth-order valence-electron chi connectivity index (χ4n) is 2.30. The predicted octanol–water partition coefficient (Wildman–Crippen LogP) is 1.47. The number of rotatable bonds is 7. The molecule has 0 spiro atoms. The van der Waals surface area contributed by atoms with E-state index in [1.54, 1.807) is 30.9 Å². The van der Waals surface area contributed by atoms with Gasteiger partial charge in [0.15, 0.2) is 0 Å². The van der Waals surface area contributed by atoms with Gasteiger partial charge < -0.3 is 10.6 Å². The first kappa shape index (κ1) is 15.1. The number of anilines is 1. The van der Waals surface area contributed by atoms with Crippen LogP contribution in [0.1, 0.15) is 5.56 Å². The van der Waals surface area contributed by atoms with E-state index >= 15 is 0 Å². The minimum Gasteiger partial charge on any atom is -0.353 e. The van der Waals surface area contributed by atoms with Crippen molar-refractivity contribution < 1.29 is 0 Å². The Kier molecular flexibility index (Phi) is 4.90. The number of aromatic nitrogens is 5. The van der Waals surface area contributed by atoms with Gasteiger partial charge in [-0.2, -0.15) is 5.10 Å². The number of hydrogen-bond donors (Lipinski definition) is 2. The van der Waals surface area contributed by atoms with E-state index in [-0.39, 0.29) is 0 Å². The fraction of sp³-hybridized carbons (Fsp3) is 0.250. The van der Waals surface area contributed by atoms with Gasteiger partial charge in [-0.25, -0.2) is 9.97 Å². The van der Waals surface area contributed by atoms with E-state index in [9.17, 15) is 0 Å². The van der Waals surface area contributed by atoms with Crippen LogP contribution in [-0.4, -0.2) is 37.8 Å². The lowest BCUT2D eigenvalue weighted by Crippen LogP contribution is -2.22. The normalized spacial score (nSPS) is 10.7. The standard InChI is InChI=1S/C16H19N7/c1-23-12-14(15(22-23)13-3-7-17-8-4-13)11-18-9-10-21-16-19-5-2-6-20-16/h2-8,12,18H,9-11H2,1H3,(H,19,20,21). The van der Waals surface area contributed by atoms with Crippen molar-refractivity contribution in [2.45, 2.75) is 6.54 Å². The molecule has 7 nitrogen and oxygen atoms in total. The molecule has 0 aliphatic rings. The van der Waals surface area contributed by atoms with Gasteiger partial charge in [0.2, 0.25) is 5.95 Å². The van der Waals surface area contributed by atoms with Crippen molar-refractivity contribution in [2.75, 3.05) is 18.4 Å². The number of nitrogens with zero attached hydrogens (tertiary/aromatic N) is 5. The zero-order valence-electron chi connectivity index (χ0n) is 13.0. The number of nitrogens with one attached hydrogen (secondary N) is 2. The molecule has 3 heterocycles. The maximum Gasteiger partial charge on any atom is 0.222 e. The molecule has 0 radical (unpaired) electrons. The van der Waals surface area contributed by atoms with Gasteiger partial charge >= 0.3 is 0 Å². The molecule has 0 atom stereocenters. The highest BCUT2D eigenvalue weighted by Crippen LogP contribution is 2.20. The fourth-order valence-corrected chi connectivity index (χ4v) is 2.30. The van der Waals surface area contributed by atoms with E-state index in [1.807, 2.05) is 30.1 Å². The van der Waals surface area contributed by atoms with E-state index < -0.39 is 0 Å². The number of pyridine rings is 1. The van der Waals surface area contributed by atoms with Gasteiger partial charge in [-0.05, 0) is 18.2 Å². The van der Waals surface area contributed by atoms with Crippen LogP contribution in [0.3, 0.4) is 0 Å². The summed E-state index contributed by atoms with van der Waals surface area (Å²) in [6, 6.07) is 5.74. The summed E-state index contributed by atoms with van der Waals surface area (Å²) >= 11 is 0. The second kappa shape index (κ2) is 7.46. The van der Waals surface area contributed by atoms with Crippen LogP contribution in [0.2, 0.25) is 0 Å². The SMILES string of the molecule is Cn1cc(CNCCNc2ncccn2)c(-c2ccncc2)n1. The minimum absolute atomic E-state index is 0.646. The Morgan fingerprint density at radius 3 is 2.61 bits per heavy atom. The van der Waals surface area contributed by atoms with Gasteiger partial charge in [0.1, 0.15) is 0 Å². The van der Waals surface area contributed by atoms with Gasteiger partial charge in [0.05, 0.1) is 5.69 Å². The Morgan fingerprint density at radius 1 is 1.04 bits per heavy atom. The zero-order chi connectivity index (χ0) is 15.9. The van der Waals surface area contributed by atoms with Gasteiger partial charge in [0, 0.05) is 68.8 Å². The second-order valence-electron chi connectivity index (χ2n) is 5.09. The van der Waals surface area contributed by atoms with E-state index in [0.29, 0.717) is 5.95 Å². The molecule has 23 heavy (non-hydrogen) atoms. The second-order valence-corrected chi connectivity index (χ2v) is 5.09. The highest BCUT2D eigenvalue weighted by atomic mass is 15.3. The molecule has 0 saturated heterocycles. The average molecular weight is 309 g/mol. The summed E-state index contributed by atoms with van der Waals surface area (Å²) in [5, 5.41) is 11.1.